The summed E-state index contributed by atoms with van der Waals surface area (Å²) in [4.78, 5) is 13.1. The van der Waals surface area contributed by atoms with E-state index in [-0.39, 0.29) is 11.9 Å². The predicted octanol–water partition coefficient (Wildman–Crippen LogP) is 1.68. The van der Waals surface area contributed by atoms with Gasteiger partial charge in [0.15, 0.2) is 0 Å². The van der Waals surface area contributed by atoms with Crippen molar-refractivity contribution in [3.05, 3.63) is 23.8 Å². The largest absolute Gasteiger partial charge is 0.390 e. The molecular formula is C12H16ClN3O2. The Bertz CT molecular complexity index is 453. The van der Waals surface area contributed by atoms with Crippen LogP contribution in [0.5, 0.6) is 0 Å². The minimum absolute atomic E-state index is 0.111. The number of nitrogens with one attached hydrogen (secondary N) is 2. The standard InChI is InChI=1S/C12H16ClN3O2/c1-16-7-9-10(14-6-8(17)5-13)3-2-4-11(9)15-12(16)18/h2-4,8,14,17H,5-7H2,1H3,(H,15,18). The number of hydrogen-bond acceptors (Lipinski definition) is 3. The first-order chi connectivity index (χ1) is 8.61. The van der Waals surface area contributed by atoms with Gasteiger partial charge in [0.25, 0.3) is 0 Å². The van der Waals surface area contributed by atoms with Crippen LogP contribution < -0.4 is 10.6 Å². The van der Waals surface area contributed by atoms with Crippen LogP contribution in [0.3, 0.4) is 0 Å². The van der Waals surface area contributed by atoms with Crippen molar-refractivity contribution in [1.82, 2.24) is 4.90 Å². The van der Waals surface area contributed by atoms with Gasteiger partial charge in [0.1, 0.15) is 0 Å². The van der Waals surface area contributed by atoms with E-state index in [2.05, 4.69) is 10.6 Å². The van der Waals surface area contributed by atoms with Crippen LogP contribution in [-0.4, -0.2) is 41.6 Å². The molecule has 5 nitrogen and oxygen atoms in total. The van der Waals surface area contributed by atoms with E-state index in [0.717, 1.165) is 16.9 Å². The number of nitrogens with zero attached hydrogens (tertiary/aromatic N) is 1. The summed E-state index contributed by atoms with van der Waals surface area (Å²) < 4.78 is 0. The third-order valence-corrected chi connectivity index (χ3v) is 3.22. The molecule has 6 heteroatoms. The lowest BCUT2D eigenvalue weighted by atomic mass is 10.1. The molecule has 1 aliphatic heterocycles. The van der Waals surface area contributed by atoms with Gasteiger partial charge in [0, 0.05) is 30.5 Å². The van der Waals surface area contributed by atoms with Crippen molar-refractivity contribution >= 4 is 29.0 Å². The Hall–Kier alpha value is -1.46. The summed E-state index contributed by atoms with van der Waals surface area (Å²) in [5.74, 6) is 0.193. The topological polar surface area (TPSA) is 64.6 Å². The summed E-state index contributed by atoms with van der Waals surface area (Å²) in [6, 6.07) is 5.54. The highest BCUT2D eigenvalue weighted by atomic mass is 35.5. The molecule has 0 aromatic heterocycles. The molecule has 0 radical (unpaired) electrons. The van der Waals surface area contributed by atoms with E-state index < -0.39 is 6.10 Å². The van der Waals surface area contributed by atoms with Crippen molar-refractivity contribution in [2.75, 3.05) is 30.1 Å². The van der Waals surface area contributed by atoms with Crippen molar-refractivity contribution in [2.45, 2.75) is 12.6 Å². The molecule has 0 saturated heterocycles. The second kappa shape index (κ2) is 5.46. The molecule has 98 valence electrons. The molecule has 3 N–H and O–H groups in total. The van der Waals surface area contributed by atoms with Crippen LogP contribution in [0.15, 0.2) is 18.2 Å². The molecule has 1 aromatic carbocycles. The fourth-order valence-electron chi connectivity index (χ4n) is 1.84. The number of carbonyl (C=O) groups is 1. The van der Waals surface area contributed by atoms with E-state index >= 15 is 0 Å². The Kier molecular flexibility index (Phi) is 3.93. The van der Waals surface area contributed by atoms with E-state index in [9.17, 15) is 9.90 Å². The number of rotatable bonds is 4. The van der Waals surface area contributed by atoms with Crippen LogP contribution in [0.1, 0.15) is 5.56 Å². The monoisotopic (exact) mass is 269 g/mol. The lowest BCUT2D eigenvalue weighted by molar-refractivity contribution is 0.211. The zero-order chi connectivity index (χ0) is 13.1. The van der Waals surface area contributed by atoms with Gasteiger partial charge in [-0.25, -0.2) is 4.79 Å². The van der Waals surface area contributed by atoms with Crippen LogP contribution in [0.25, 0.3) is 0 Å². The first kappa shape index (κ1) is 13.0. The highest BCUT2D eigenvalue weighted by Gasteiger charge is 2.21. The quantitative estimate of drug-likeness (QED) is 0.729. The molecule has 0 bridgehead atoms. The first-order valence-corrected chi connectivity index (χ1v) is 6.27. The summed E-state index contributed by atoms with van der Waals surface area (Å²) in [6.45, 7) is 0.929. The Labute approximate surface area is 111 Å². The minimum Gasteiger partial charge on any atom is -0.390 e. The van der Waals surface area contributed by atoms with Crippen LogP contribution in [0.4, 0.5) is 16.2 Å². The fraction of sp³-hybridized carbons (Fsp3) is 0.417. The Balaban J connectivity index is 2.17. The van der Waals surface area contributed by atoms with Gasteiger partial charge in [-0.15, -0.1) is 11.6 Å². The van der Waals surface area contributed by atoms with Crippen molar-refractivity contribution in [3.8, 4) is 0 Å². The smallest absolute Gasteiger partial charge is 0.321 e. The Morgan fingerprint density at radius 2 is 2.39 bits per heavy atom. The molecule has 18 heavy (non-hydrogen) atoms. The van der Waals surface area contributed by atoms with Crippen molar-refractivity contribution in [2.24, 2.45) is 0 Å². The molecule has 0 spiro atoms. The number of benzene rings is 1. The molecule has 1 heterocycles. The molecule has 1 aliphatic rings. The molecular weight excluding hydrogens is 254 g/mol. The second-order valence-electron chi connectivity index (χ2n) is 4.31. The maximum atomic E-state index is 11.5. The van der Waals surface area contributed by atoms with Gasteiger partial charge in [0.2, 0.25) is 0 Å². The van der Waals surface area contributed by atoms with Crippen molar-refractivity contribution < 1.29 is 9.90 Å². The van der Waals surface area contributed by atoms with E-state index in [0.29, 0.717) is 13.1 Å². The van der Waals surface area contributed by atoms with Crippen molar-refractivity contribution in [1.29, 1.82) is 0 Å². The normalized spacial score (nSPS) is 15.9. The third-order valence-electron chi connectivity index (χ3n) is 2.87. The summed E-state index contributed by atoms with van der Waals surface area (Å²) in [5, 5.41) is 15.4. The summed E-state index contributed by atoms with van der Waals surface area (Å²) >= 11 is 5.55. The molecule has 0 fully saturated rings. The Morgan fingerprint density at radius 1 is 1.61 bits per heavy atom. The fourth-order valence-corrected chi connectivity index (χ4v) is 1.95. The van der Waals surface area contributed by atoms with Crippen molar-refractivity contribution in [3.63, 3.8) is 0 Å². The van der Waals surface area contributed by atoms with Crippen LogP contribution >= 0.6 is 11.6 Å². The SMILES string of the molecule is CN1Cc2c(NCC(O)CCl)cccc2NC1=O. The minimum atomic E-state index is -0.585. The van der Waals surface area contributed by atoms with Gasteiger partial charge in [0.05, 0.1) is 18.5 Å². The van der Waals surface area contributed by atoms with Crippen LogP contribution in [0.2, 0.25) is 0 Å². The van der Waals surface area contributed by atoms with E-state index in [4.69, 9.17) is 11.6 Å². The number of hydrogen-bond donors (Lipinski definition) is 3. The zero-order valence-corrected chi connectivity index (χ0v) is 10.9. The Morgan fingerprint density at radius 3 is 3.11 bits per heavy atom. The zero-order valence-electron chi connectivity index (χ0n) is 10.1. The number of urea groups is 1. The number of amides is 2. The maximum absolute atomic E-state index is 11.5. The van der Waals surface area contributed by atoms with Crippen LogP contribution in [0, 0.1) is 0 Å². The van der Waals surface area contributed by atoms with Gasteiger partial charge in [-0.05, 0) is 12.1 Å². The number of fused-ring (bicyclic) bond motifs is 1. The summed E-state index contributed by atoms with van der Waals surface area (Å²) in [7, 11) is 1.74. The van der Waals surface area contributed by atoms with E-state index in [1.54, 1.807) is 11.9 Å². The number of anilines is 2. The molecule has 2 amide bonds. The number of aliphatic hydroxyl groups excluding tert-OH is 1. The van der Waals surface area contributed by atoms with Gasteiger partial charge < -0.3 is 20.6 Å². The third kappa shape index (κ3) is 2.68. The average Bonchev–Trinajstić information content (AvgIpc) is 2.37. The first-order valence-electron chi connectivity index (χ1n) is 5.73. The molecule has 1 atom stereocenters. The average molecular weight is 270 g/mol. The predicted molar refractivity (Wildman–Crippen MR) is 72.1 cm³/mol. The molecule has 0 saturated carbocycles. The number of alkyl halides is 1. The maximum Gasteiger partial charge on any atom is 0.321 e. The number of carbonyl (C=O) groups excluding carboxylic acids is 1. The van der Waals surface area contributed by atoms with Gasteiger partial charge in [-0.3, -0.25) is 0 Å². The van der Waals surface area contributed by atoms with Crippen LogP contribution in [-0.2, 0) is 6.54 Å². The number of halogens is 1. The molecule has 0 aliphatic carbocycles. The van der Waals surface area contributed by atoms with E-state index in [1.807, 2.05) is 18.2 Å². The highest BCUT2D eigenvalue weighted by Crippen LogP contribution is 2.29. The number of aliphatic hydroxyl groups is 1. The summed E-state index contributed by atoms with van der Waals surface area (Å²) in [5.41, 5.74) is 2.73. The lowest BCUT2D eigenvalue weighted by Crippen LogP contribution is -2.36. The summed E-state index contributed by atoms with van der Waals surface area (Å²) in [6.07, 6.45) is -0.585. The lowest BCUT2D eigenvalue weighted by Gasteiger charge is -2.28. The highest BCUT2D eigenvalue weighted by molar-refractivity contribution is 6.18. The van der Waals surface area contributed by atoms with Gasteiger partial charge in [-0.1, -0.05) is 6.07 Å². The molecule has 2 rings (SSSR count). The van der Waals surface area contributed by atoms with Gasteiger partial charge >= 0.3 is 6.03 Å². The molecule has 1 aromatic rings. The second-order valence-corrected chi connectivity index (χ2v) is 4.62. The van der Waals surface area contributed by atoms with Gasteiger partial charge in [-0.2, -0.15) is 0 Å². The van der Waals surface area contributed by atoms with E-state index in [1.165, 1.54) is 0 Å². The molecule has 1 unspecified atom stereocenters.